The van der Waals surface area contributed by atoms with Gasteiger partial charge in [0.25, 0.3) is 0 Å². The molecule has 17 heavy (non-hydrogen) atoms. The van der Waals surface area contributed by atoms with Gasteiger partial charge in [-0.25, -0.2) is 9.67 Å². The lowest BCUT2D eigenvalue weighted by Gasteiger charge is -2.03. The molecule has 2 aromatic rings. The molecule has 0 fully saturated rings. The van der Waals surface area contributed by atoms with Crippen LogP contribution in [0.1, 0.15) is 5.82 Å². The number of pyridine rings is 1. The largest absolute Gasteiger partial charge is 0.310 e. The summed E-state index contributed by atoms with van der Waals surface area (Å²) in [5, 5.41) is 13.9. The van der Waals surface area contributed by atoms with E-state index in [0.29, 0.717) is 16.7 Å². The maximum absolute atomic E-state index is 11.6. The second-order valence-electron chi connectivity index (χ2n) is 3.31. The fourth-order valence-corrected chi connectivity index (χ4v) is 1.29. The van der Waals surface area contributed by atoms with Crippen LogP contribution in [0.4, 0.5) is 5.82 Å². The van der Waals surface area contributed by atoms with Crippen molar-refractivity contribution in [2.24, 2.45) is 7.05 Å². The Morgan fingerprint density at radius 3 is 2.94 bits per heavy atom. The molecule has 0 unspecified atom stereocenters. The number of hydrogen-bond acceptors (Lipinski definition) is 5. The van der Waals surface area contributed by atoms with Crippen LogP contribution in [0.15, 0.2) is 18.3 Å². The van der Waals surface area contributed by atoms with Gasteiger partial charge >= 0.3 is 0 Å². The number of nitrogens with one attached hydrogen (secondary N) is 1. The first kappa shape index (κ1) is 11.5. The first-order valence-electron chi connectivity index (χ1n) is 4.78. The molecule has 0 aliphatic rings. The predicted molar refractivity (Wildman–Crippen MR) is 60.4 cm³/mol. The summed E-state index contributed by atoms with van der Waals surface area (Å²) in [6.07, 6.45) is 1.55. The van der Waals surface area contributed by atoms with E-state index in [4.69, 9.17) is 11.6 Å². The lowest BCUT2D eigenvalue weighted by Crippen LogP contribution is -2.17. The molecule has 1 N–H and O–H groups in total. The van der Waals surface area contributed by atoms with E-state index in [0.717, 1.165) is 0 Å². The Labute approximate surface area is 102 Å². The Morgan fingerprint density at radius 1 is 1.53 bits per heavy atom. The zero-order valence-corrected chi connectivity index (χ0v) is 9.72. The van der Waals surface area contributed by atoms with E-state index in [1.165, 1.54) is 10.9 Å². The Bertz CT molecular complexity index is 523. The molecule has 7 nitrogen and oxygen atoms in total. The minimum absolute atomic E-state index is 0.0911. The van der Waals surface area contributed by atoms with Crippen LogP contribution >= 0.6 is 11.6 Å². The van der Waals surface area contributed by atoms with E-state index in [2.05, 4.69) is 25.8 Å². The van der Waals surface area contributed by atoms with Crippen molar-refractivity contribution in [3.05, 3.63) is 29.2 Å². The minimum Gasteiger partial charge on any atom is -0.310 e. The number of tetrazole rings is 1. The molecular formula is C9H9ClN6O. The van der Waals surface area contributed by atoms with Gasteiger partial charge in [0, 0.05) is 13.2 Å². The van der Waals surface area contributed by atoms with Gasteiger partial charge in [-0.05, 0) is 22.6 Å². The molecule has 0 saturated carbocycles. The van der Waals surface area contributed by atoms with Gasteiger partial charge in [0.2, 0.25) is 5.91 Å². The molecule has 0 radical (unpaired) electrons. The number of amides is 1. The third kappa shape index (κ3) is 2.97. The summed E-state index contributed by atoms with van der Waals surface area (Å²) < 4.78 is 1.44. The molecule has 0 aromatic carbocycles. The van der Waals surface area contributed by atoms with Crippen molar-refractivity contribution >= 4 is 23.3 Å². The number of rotatable bonds is 3. The standard InChI is InChI=1S/C9H9ClN6O/c1-16-8(13-14-15-16)4-9(17)12-7-3-2-6(10)5-11-7/h2-3,5H,4H2,1H3,(H,11,12,17). The lowest BCUT2D eigenvalue weighted by atomic mass is 10.3. The smallest absolute Gasteiger partial charge is 0.233 e. The van der Waals surface area contributed by atoms with Gasteiger partial charge in [0.05, 0.1) is 11.4 Å². The molecule has 1 amide bonds. The fraction of sp³-hybridized carbons (Fsp3) is 0.222. The number of anilines is 1. The normalized spacial score (nSPS) is 10.2. The number of aryl methyl sites for hydroxylation is 1. The average molecular weight is 253 g/mol. The number of carbonyl (C=O) groups is 1. The van der Waals surface area contributed by atoms with Gasteiger partial charge in [0.15, 0.2) is 5.82 Å². The molecule has 0 bridgehead atoms. The van der Waals surface area contributed by atoms with Crippen molar-refractivity contribution in [2.45, 2.75) is 6.42 Å². The van der Waals surface area contributed by atoms with Crippen LogP contribution in [0.5, 0.6) is 0 Å². The van der Waals surface area contributed by atoms with Gasteiger partial charge in [0.1, 0.15) is 5.82 Å². The fourth-order valence-electron chi connectivity index (χ4n) is 1.18. The zero-order valence-electron chi connectivity index (χ0n) is 8.96. The van der Waals surface area contributed by atoms with E-state index in [-0.39, 0.29) is 12.3 Å². The number of carbonyl (C=O) groups excluding carboxylic acids is 1. The summed E-state index contributed by atoms with van der Waals surface area (Å²) in [6.45, 7) is 0. The number of aromatic nitrogens is 5. The Hall–Kier alpha value is -2.02. The van der Waals surface area contributed by atoms with Gasteiger partial charge < -0.3 is 5.32 Å². The summed E-state index contributed by atoms with van der Waals surface area (Å²) in [5.41, 5.74) is 0. The minimum atomic E-state index is -0.238. The van der Waals surface area contributed by atoms with Crippen LogP contribution in [-0.4, -0.2) is 31.1 Å². The van der Waals surface area contributed by atoms with E-state index in [9.17, 15) is 4.79 Å². The highest BCUT2D eigenvalue weighted by atomic mass is 35.5. The zero-order chi connectivity index (χ0) is 12.3. The Morgan fingerprint density at radius 2 is 2.35 bits per heavy atom. The van der Waals surface area contributed by atoms with E-state index < -0.39 is 0 Å². The highest BCUT2D eigenvalue weighted by molar-refractivity contribution is 6.30. The summed E-state index contributed by atoms with van der Waals surface area (Å²) in [6, 6.07) is 3.27. The molecule has 0 saturated heterocycles. The van der Waals surface area contributed by atoms with Gasteiger partial charge in [-0.1, -0.05) is 11.6 Å². The van der Waals surface area contributed by atoms with Crippen molar-refractivity contribution in [3.8, 4) is 0 Å². The summed E-state index contributed by atoms with van der Waals surface area (Å²) in [7, 11) is 1.67. The van der Waals surface area contributed by atoms with Crippen molar-refractivity contribution in [1.29, 1.82) is 0 Å². The van der Waals surface area contributed by atoms with E-state index in [1.807, 2.05) is 0 Å². The number of hydrogen-bond donors (Lipinski definition) is 1. The molecular weight excluding hydrogens is 244 g/mol. The quantitative estimate of drug-likeness (QED) is 0.857. The molecule has 2 aromatic heterocycles. The lowest BCUT2D eigenvalue weighted by molar-refractivity contribution is -0.115. The molecule has 0 atom stereocenters. The highest BCUT2D eigenvalue weighted by Gasteiger charge is 2.09. The molecule has 88 valence electrons. The van der Waals surface area contributed by atoms with Crippen molar-refractivity contribution in [1.82, 2.24) is 25.2 Å². The molecule has 2 rings (SSSR count). The van der Waals surface area contributed by atoms with Gasteiger partial charge in [-0.2, -0.15) is 0 Å². The van der Waals surface area contributed by atoms with Crippen LogP contribution < -0.4 is 5.32 Å². The Kier molecular flexibility index (Phi) is 3.29. The highest BCUT2D eigenvalue weighted by Crippen LogP contribution is 2.09. The Balaban J connectivity index is 1.98. The van der Waals surface area contributed by atoms with E-state index >= 15 is 0 Å². The van der Waals surface area contributed by atoms with Crippen molar-refractivity contribution in [3.63, 3.8) is 0 Å². The van der Waals surface area contributed by atoms with Crippen molar-refractivity contribution < 1.29 is 4.79 Å². The molecule has 0 aliphatic heterocycles. The first-order chi connectivity index (χ1) is 8.15. The van der Waals surface area contributed by atoms with Crippen LogP contribution in [0.2, 0.25) is 5.02 Å². The topological polar surface area (TPSA) is 85.6 Å². The van der Waals surface area contributed by atoms with Crippen LogP contribution in [0.25, 0.3) is 0 Å². The van der Waals surface area contributed by atoms with Crippen LogP contribution in [0.3, 0.4) is 0 Å². The second kappa shape index (κ2) is 4.88. The van der Waals surface area contributed by atoms with Gasteiger partial charge in [-0.3, -0.25) is 4.79 Å². The SMILES string of the molecule is Cn1nnnc1CC(=O)Nc1ccc(Cl)cn1. The van der Waals surface area contributed by atoms with Crippen molar-refractivity contribution in [2.75, 3.05) is 5.32 Å². The first-order valence-corrected chi connectivity index (χ1v) is 5.15. The number of nitrogens with zero attached hydrogens (tertiary/aromatic N) is 5. The van der Waals surface area contributed by atoms with Crippen LogP contribution in [0, 0.1) is 0 Å². The summed E-state index contributed by atoms with van der Waals surface area (Å²) in [4.78, 5) is 15.6. The molecule has 0 spiro atoms. The molecule has 8 heteroatoms. The van der Waals surface area contributed by atoms with Crippen LogP contribution in [-0.2, 0) is 18.3 Å². The molecule has 0 aliphatic carbocycles. The van der Waals surface area contributed by atoms with Gasteiger partial charge in [-0.15, -0.1) is 5.10 Å². The average Bonchev–Trinajstić information content (AvgIpc) is 2.68. The monoisotopic (exact) mass is 252 g/mol. The maximum Gasteiger partial charge on any atom is 0.233 e. The summed E-state index contributed by atoms with van der Waals surface area (Å²) in [5.74, 6) is 0.684. The third-order valence-corrected chi connectivity index (χ3v) is 2.24. The third-order valence-electron chi connectivity index (χ3n) is 2.02. The predicted octanol–water partition coefficient (Wildman–Crippen LogP) is 0.440. The number of halogens is 1. The van der Waals surface area contributed by atoms with E-state index in [1.54, 1.807) is 19.2 Å². The maximum atomic E-state index is 11.6. The summed E-state index contributed by atoms with van der Waals surface area (Å²) >= 11 is 5.68. The molecule has 2 heterocycles. The second-order valence-corrected chi connectivity index (χ2v) is 3.74.